The second kappa shape index (κ2) is 11.3. The first-order chi connectivity index (χ1) is 15.0. The van der Waals surface area contributed by atoms with Gasteiger partial charge in [-0.25, -0.2) is 4.68 Å². The lowest BCUT2D eigenvalue weighted by Crippen LogP contribution is -2.51. The molecule has 2 aromatic rings. The molecule has 9 heteroatoms. The number of halogens is 1. The third-order valence-corrected chi connectivity index (χ3v) is 5.94. The van der Waals surface area contributed by atoms with Crippen LogP contribution < -0.4 is 5.32 Å². The summed E-state index contributed by atoms with van der Waals surface area (Å²) in [6, 6.07) is 9.38. The topological polar surface area (TPSA) is 73.7 Å². The van der Waals surface area contributed by atoms with Crippen LogP contribution in [0, 0.1) is 0 Å². The predicted octanol–water partition coefficient (Wildman–Crippen LogP) is 2.01. The lowest BCUT2D eigenvalue weighted by atomic mass is 10.2. The minimum Gasteiger partial charge on any atom is -0.342 e. The Morgan fingerprint density at radius 1 is 1.03 bits per heavy atom. The number of anilines is 1. The average molecular weight is 447 g/mol. The number of nitrogens with one attached hydrogen (secondary N) is 1. The van der Waals surface area contributed by atoms with Crippen molar-refractivity contribution in [1.29, 1.82) is 0 Å². The summed E-state index contributed by atoms with van der Waals surface area (Å²) >= 11 is 6.24. The fourth-order valence-corrected chi connectivity index (χ4v) is 3.91. The van der Waals surface area contributed by atoms with E-state index in [2.05, 4.69) is 20.2 Å². The van der Waals surface area contributed by atoms with Crippen molar-refractivity contribution in [1.82, 2.24) is 24.5 Å². The van der Waals surface area contributed by atoms with Crippen LogP contribution in [0.1, 0.15) is 19.4 Å². The first-order valence-corrected chi connectivity index (χ1v) is 11.2. The number of amides is 2. The van der Waals surface area contributed by atoms with Crippen LogP contribution in [-0.4, -0.2) is 88.7 Å². The van der Waals surface area contributed by atoms with Gasteiger partial charge < -0.3 is 10.2 Å². The minimum atomic E-state index is -0.0754. The summed E-state index contributed by atoms with van der Waals surface area (Å²) in [5.74, 6) is 0.741. The maximum atomic E-state index is 12.6. The number of hydrogen-bond acceptors (Lipinski definition) is 5. The molecule has 0 bridgehead atoms. The van der Waals surface area contributed by atoms with Crippen molar-refractivity contribution < 1.29 is 9.59 Å². The highest BCUT2D eigenvalue weighted by molar-refractivity contribution is 6.31. The monoisotopic (exact) mass is 446 g/mol. The average Bonchev–Trinajstić information content (AvgIpc) is 3.18. The largest absolute Gasteiger partial charge is 0.342 e. The smallest absolute Gasteiger partial charge is 0.239 e. The molecule has 1 aliphatic rings. The van der Waals surface area contributed by atoms with Gasteiger partial charge >= 0.3 is 0 Å². The van der Waals surface area contributed by atoms with E-state index in [1.165, 1.54) is 0 Å². The predicted molar refractivity (Wildman–Crippen MR) is 122 cm³/mol. The summed E-state index contributed by atoms with van der Waals surface area (Å²) < 4.78 is 1.73. The molecule has 0 unspecified atom stereocenters. The standard InChI is InChI=1S/C22H31ClN6O2/c1-3-28(4-2)22(31)17-27-13-11-26(12-14-27)16-21(30)25-20-9-10-24-29(20)15-18-7-5-6-8-19(18)23/h5-10H,3-4,11-17H2,1-2H3,(H,25,30). The number of nitrogens with zero attached hydrogens (tertiary/aromatic N) is 5. The molecular formula is C22H31ClN6O2. The zero-order valence-corrected chi connectivity index (χ0v) is 19.0. The molecule has 1 saturated heterocycles. The molecule has 0 atom stereocenters. The Kier molecular flexibility index (Phi) is 8.45. The van der Waals surface area contributed by atoms with Gasteiger partial charge in [0.05, 0.1) is 25.8 Å². The Hall–Kier alpha value is -2.42. The van der Waals surface area contributed by atoms with E-state index >= 15 is 0 Å². The third-order valence-electron chi connectivity index (χ3n) is 5.57. The van der Waals surface area contributed by atoms with E-state index in [1.807, 2.05) is 43.0 Å². The number of aromatic nitrogens is 2. The zero-order valence-electron chi connectivity index (χ0n) is 18.3. The molecule has 31 heavy (non-hydrogen) atoms. The highest BCUT2D eigenvalue weighted by Gasteiger charge is 2.22. The van der Waals surface area contributed by atoms with Crippen LogP contribution in [0.3, 0.4) is 0 Å². The van der Waals surface area contributed by atoms with Crippen molar-refractivity contribution in [3.05, 3.63) is 47.1 Å². The van der Waals surface area contributed by atoms with Crippen LogP contribution in [0.25, 0.3) is 0 Å². The van der Waals surface area contributed by atoms with Crippen molar-refractivity contribution >= 4 is 29.2 Å². The molecule has 0 aliphatic carbocycles. The van der Waals surface area contributed by atoms with Crippen LogP contribution in [0.5, 0.6) is 0 Å². The first kappa shape index (κ1) is 23.2. The summed E-state index contributed by atoms with van der Waals surface area (Å²) in [6.07, 6.45) is 1.66. The maximum absolute atomic E-state index is 12.6. The molecule has 0 radical (unpaired) electrons. The molecule has 168 valence electrons. The first-order valence-electron chi connectivity index (χ1n) is 10.8. The van der Waals surface area contributed by atoms with Crippen LogP contribution >= 0.6 is 11.6 Å². The van der Waals surface area contributed by atoms with E-state index in [4.69, 9.17) is 11.6 Å². The molecule has 0 saturated carbocycles. The normalized spacial score (nSPS) is 15.1. The number of carbonyl (C=O) groups is 2. The highest BCUT2D eigenvalue weighted by atomic mass is 35.5. The van der Waals surface area contributed by atoms with Gasteiger partial charge in [0.25, 0.3) is 0 Å². The van der Waals surface area contributed by atoms with Crippen molar-refractivity contribution in [3.63, 3.8) is 0 Å². The Labute approximate surface area is 188 Å². The Balaban J connectivity index is 1.46. The van der Waals surface area contributed by atoms with E-state index in [-0.39, 0.29) is 11.8 Å². The summed E-state index contributed by atoms with van der Waals surface area (Å²) in [6.45, 7) is 9.81. The maximum Gasteiger partial charge on any atom is 0.239 e. The Morgan fingerprint density at radius 3 is 2.32 bits per heavy atom. The lowest BCUT2D eigenvalue weighted by Gasteiger charge is -2.34. The van der Waals surface area contributed by atoms with Crippen LogP contribution in [0.4, 0.5) is 5.82 Å². The van der Waals surface area contributed by atoms with Crippen molar-refractivity contribution in [2.75, 3.05) is 57.7 Å². The quantitative estimate of drug-likeness (QED) is 0.637. The van der Waals surface area contributed by atoms with Crippen LogP contribution in [0.2, 0.25) is 5.02 Å². The van der Waals surface area contributed by atoms with E-state index < -0.39 is 0 Å². The van der Waals surface area contributed by atoms with E-state index in [1.54, 1.807) is 16.9 Å². The van der Waals surface area contributed by atoms with Gasteiger partial charge in [-0.3, -0.25) is 19.4 Å². The van der Waals surface area contributed by atoms with Gasteiger partial charge in [-0.1, -0.05) is 29.8 Å². The number of piperazine rings is 1. The van der Waals surface area contributed by atoms with E-state index in [0.717, 1.165) is 44.8 Å². The number of rotatable bonds is 9. The SMILES string of the molecule is CCN(CC)C(=O)CN1CCN(CC(=O)Nc2ccnn2Cc2ccccc2Cl)CC1. The molecule has 1 aliphatic heterocycles. The van der Waals surface area contributed by atoms with Gasteiger partial charge in [0.2, 0.25) is 11.8 Å². The molecule has 0 spiro atoms. The fourth-order valence-electron chi connectivity index (χ4n) is 3.71. The summed E-state index contributed by atoms with van der Waals surface area (Å²) in [5, 5.41) is 7.93. The fraction of sp³-hybridized carbons (Fsp3) is 0.500. The Bertz CT molecular complexity index is 874. The van der Waals surface area contributed by atoms with Crippen molar-refractivity contribution in [2.45, 2.75) is 20.4 Å². The molecule has 1 fully saturated rings. The number of hydrogen-bond donors (Lipinski definition) is 1. The second-order valence-corrected chi connectivity index (χ2v) is 8.04. The van der Waals surface area contributed by atoms with E-state index in [0.29, 0.717) is 30.5 Å². The van der Waals surface area contributed by atoms with Crippen molar-refractivity contribution in [2.24, 2.45) is 0 Å². The molecule has 1 aromatic carbocycles. The summed E-state index contributed by atoms with van der Waals surface area (Å²) in [4.78, 5) is 31.0. The van der Waals surface area contributed by atoms with Gasteiger partial charge in [-0.05, 0) is 25.5 Å². The Morgan fingerprint density at radius 2 is 1.68 bits per heavy atom. The van der Waals surface area contributed by atoms with Gasteiger partial charge in [0, 0.05) is 50.4 Å². The molecule has 1 N–H and O–H groups in total. The number of benzene rings is 1. The lowest BCUT2D eigenvalue weighted by molar-refractivity contribution is -0.132. The zero-order chi connectivity index (χ0) is 22.2. The van der Waals surface area contributed by atoms with E-state index in [9.17, 15) is 9.59 Å². The highest BCUT2D eigenvalue weighted by Crippen LogP contribution is 2.18. The number of likely N-dealkylation sites (N-methyl/N-ethyl adjacent to an activating group) is 1. The van der Waals surface area contributed by atoms with Crippen LogP contribution in [-0.2, 0) is 16.1 Å². The molecule has 8 nitrogen and oxygen atoms in total. The van der Waals surface area contributed by atoms with Crippen molar-refractivity contribution in [3.8, 4) is 0 Å². The second-order valence-electron chi connectivity index (χ2n) is 7.63. The molecule has 2 heterocycles. The number of carbonyl (C=O) groups excluding carboxylic acids is 2. The van der Waals surface area contributed by atoms with Gasteiger partial charge in [-0.2, -0.15) is 5.10 Å². The summed E-state index contributed by atoms with van der Waals surface area (Å²) in [5.41, 5.74) is 0.943. The van der Waals surface area contributed by atoms with Gasteiger partial charge in [0.15, 0.2) is 0 Å². The third kappa shape index (κ3) is 6.53. The van der Waals surface area contributed by atoms with Crippen LogP contribution in [0.15, 0.2) is 36.5 Å². The minimum absolute atomic E-state index is 0.0754. The molecular weight excluding hydrogens is 416 g/mol. The molecule has 1 aromatic heterocycles. The van der Waals surface area contributed by atoms with Gasteiger partial charge in [-0.15, -0.1) is 0 Å². The molecule has 3 rings (SSSR count). The molecule has 2 amide bonds. The summed E-state index contributed by atoms with van der Waals surface area (Å²) in [7, 11) is 0. The van der Waals surface area contributed by atoms with Gasteiger partial charge in [0.1, 0.15) is 5.82 Å².